The van der Waals surface area contributed by atoms with Gasteiger partial charge >= 0.3 is 0 Å². The van der Waals surface area contributed by atoms with Crippen molar-refractivity contribution in [1.82, 2.24) is 0 Å². The van der Waals surface area contributed by atoms with Crippen LogP contribution in [0.5, 0.6) is 0 Å². The zero-order valence-corrected chi connectivity index (χ0v) is 7.73. The summed E-state index contributed by atoms with van der Waals surface area (Å²) in [5.41, 5.74) is -0.760. The molecule has 0 radical (unpaired) electrons. The van der Waals surface area contributed by atoms with Crippen molar-refractivity contribution in [3.63, 3.8) is 0 Å². The second-order valence-corrected chi connectivity index (χ2v) is 4.32. The number of ether oxygens (including phenoxy) is 1. The first-order valence-electron chi connectivity index (χ1n) is 4.05. The Morgan fingerprint density at radius 3 is 2.18 bits per heavy atom. The highest BCUT2D eigenvalue weighted by Crippen LogP contribution is 2.34. The lowest BCUT2D eigenvalue weighted by atomic mass is 9.76. The molecule has 2 heteroatoms. The van der Waals surface area contributed by atoms with E-state index in [0.717, 1.165) is 6.42 Å². The molecule has 64 valence electrons. The van der Waals surface area contributed by atoms with E-state index in [1.165, 1.54) is 0 Å². The van der Waals surface area contributed by atoms with Gasteiger partial charge in [0.25, 0.3) is 0 Å². The van der Waals surface area contributed by atoms with Gasteiger partial charge in [0, 0.05) is 12.0 Å². The van der Waals surface area contributed by atoms with Crippen molar-refractivity contribution in [3.05, 3.63) is 0 Å². The third-order valence-electron chi connectivity index (χ3n) is 2.35. The number of carbonyl (C=O) groups excluding carboxylic acids is 1. The summed E-state index contributed by atoms with van der Waals surface area (Å²) < 4.78 is 5.36. The summed E-state index contributed by atoms with van der Waals surface area (Å²) in [4.78, 5) is 11.6. The van der Waals surface area contributed by atoms with Crippen molar-refractivity contribution in [2.24, 2.45) is 5.41 Å². The van der Waals surface area contributed by atoms with E-state index in [4.69, 9.17) is 4.74 Å². The second kappa shape index (κ2) is 2.31. The number of carbonyl (C=O) groups is 1. The van der Waals surface area contributed by atoms with Crippen LogP contribution in [0.1, 0.15) is 34.1 Å². The maximum Gasteiger partial charge on any atom is 0.169 e. The highest BCUT2D eigenvalue weighted by atomic mass is 16.5. The molecule has 0 spiro atoms. The van der Waals surface area contributed by atoms with Crippen LogP contribution in [0, 0.1) is 5.41 Å². The molecule has 0 aromatic rings. The fourth-order valence-corrected chi connectivity index (χ4v) is 1.56. The molecular weight excluding hydrogens is 140 g/mol. The number of hydrogen-bond donors (Lipinski definition) is 0. The Kier molecular flexibility index (Phi) is 1.83. The first-order valence-corrected chi connectivity index (χ1v) is 4.05. The molecule has 0 atom stereocenters. The molecule has 0 unspecified atom stereocenters. The fourth-order valence-electron chi connectivity index (χ4n) is 1.56. The molecule has 0 amide bonds. The highest BCUT2D eigenvalue weighted by Gasteiger charge is 2.43. The minimum absolute atomic E-state index is 0.193. The highest BCUT2D eigenvalue weighted by molar-refractivity contribution is 5.91. The van der Waals surface area contributed by atoms with Crippen LogP contribution in [0.3, 0.4) is 0 Å². The lowest BCUT2D eigenvalue weighted by molar-refractivity contribution is -0.161. The van der Waals surface area contributed by atoms with Crippen molar-refractivity contribution < 1.29 is 9.53 Å². The molecule has 1 rings (SSSR count). The van der Waals surface area contributed by atoms with Crippen molar-refractivity contribution >= 4 is 5.78 Å². The lowest BCUT2D eigenvalue weighted by Crippen LogP contribution is -2.49. The fraction of sp³-hybridized carbons (Fsp3) is 0.889. The quantitative estimate of drug-likeness (QED) is 0.534. The molecule has 0 aliphatic carbocycles. The SMILES string of the molecule is CC1(C)CCOC(C)(C)C1=O. The van der Waals surface area contributed by atoms with Gasteiger partial charge in [-0.1, -0.05) is 13.8 Å². The Balaban J connectivity index is 2.85. The van der Waals surface area contributed by atoms with E-state index in [2.05, 4.69) is 0 Å². The van der Waals surface area contributed by atoms with Gasteiger partial charge in [-0.3, -0.25) is 4.79 Å². The first-order chi connectivity index (χ1) is 4.86. The van der Waals surface area contributed by atoms with Gasteiger partial charge in [-0.05, 0) is 20.3 Å². The average molecular weight is 156 g/mol. The third-order valence-corrected chi connectivity index (χ3v) is 2.35. The molecule has 1 fully saturated rings. The number of ketones is 1. The molecule has 0 saturated carbocycles. The zero-order chi connectivity index (χ0) is 8.70. The number of Topliss-reactive ketones (excluding diaryl/α,β-unsaturated/α-hetero) is 1. The molecule has 1 heterocycles. The molecule has 2 nitrogen and oxygen atoms in total. The maximum atomic E-state index is 11.6. The number of rotatable bonds is 0. The van der Waals surface area contributed by atoms with E-state index in [1.54, 1.807) is 0 Å². The predicted octanol–water partition coefficient (Wildman–Crippen LogP) is 1.78. The van der Waals surface area contributed by atoms with Crippen LogP contribution < -0.4 is 0 Å². The predicted molar refractivity (Wildman–Crippen MR) is 43.4 cm³/mol. The van der Waals surface area contributed by atoms with Gasteiger partial charge in [-0.15, -0.1) is 0 Å². The van der Waals surface area contributed by atoms with E-state index in [1.807, 2.05) is 27.7 Å². The van der Waals surface area contributed by atoms with E-state index in [0.29, 0.717) is 6.61 Å². The van der Waals surface area contributed by atoms with E-state index >= 15 is 0 Å². The molecule has 1 aliphatic rings. The Morgan fingerprint density at radius 2 is 1.82 bits per heavy atom. The summed E-state index contributed by atoms with van der Waals surface area (Å²) >= 11 is 0. The Hall–Kier alpha value is -0.370. The standard InChI is InChI=1S/C9H16O2/c1-8(2)5-6-11-9(3,4)7(8)10/h5-6H2,1-4H3. The normalized spacial score (nSPS) is 28.5. The van der Waals surface area contributed by atoms with Crippen LogP contribution >= 0.6 is 0 Å². The van der Waals surface area contributed by atoms with Gasteiger partial charge < -0.3 is 4.74 Å². The summed E-state index contributed by atoms with van der Waals surface area (Å²) in [5, 5.41) is 0. The van der Waals surface area contributed by atoms with Crippen LogP contribution in [0.2, 0.25) is 0 Å². The molecule has 1 aliphatic heterocycles. The lowest BCUT2D eigenvalue weighted by Gasteiger charge is -2.38. The third kappa shape index (κ3) is 1.45. The van der Waals surface area contributed by atoms with E-state index in [-0.39, 0.29) is 11.2 Å². The molecule has 0 aromatic heterocycles. The van der Waals surface area contributed by atoms with Crippen molar-refractivity contribution in [2.45, 2.75) is 39.7 Å². The van der Waals surface area contributed by atoms with Crippen molar-refractivity contribution in [3.8, 4) is 0 Å². The van der Waals surface area contributed by atoms with Gasteiger partial charge in [-0.2, -0.15) is 0 Å². The Morgan fingerprint density at radius 1 is 1.27 bits per heavy atom. The topological polar surface area (TPSA) is 26.3 Å². The smallest absolute Gasteiger partial charge is 0.169 e. The van der Waals surface area contributed by atoms with Crippen molar-refractivity contribution in [2.75, 3.05) is 6.61 Å². The zero-order valence-electron chi connectivity index (χ0n) is 7.73. The van der Waals surface area contributed by atoms with Crippen LogP contribution in [-0.2, 0) is 9.53 Å². The molecule has 0 bridgehead atoms. The minimum atomic E-state index is -0.568. The summed E-state index contributed by atoms with van der Waals surface area (Å²) in [7, 11) is 0. The van der Waals surface area contributed by atoms with Gasteiger partial charge in [0.2, 0.25) is 0 Å². The largest absolute Gasteiger partial charge is 0.368 e. The molecule has 1 saturated heterocycles. The van der Waals surface area contributed by atoms with E-state index in [9.17, 15) is 4.79 Å². The van der Waals surface area contributed by atoms with Crippen LogP contribution in [0.4, 0.5) is 0 Å². The van der Waals surface area contributed by atoms with Crippen molar-refractivity contribution in [1.29, 1.82) is 0 Å². The van der Waals surface area contributed by atoms with Crippen LogP contribution in [-0.4, -0.2) is 18.0 Å². The number of hydrogen-bond acceptors (Lipinski definition) is 2. The van der Waals surface area contributed by atoms with Gasteiger partial charge in [0.15, 0.2) is 5.78 Å². The Labute approximate surface area is 67.9 Å². The Bertz CT molecular complexity index is 162. The second-order valence-electron chi connectivity index (χ2n) is 4.32. The monoisotopic (exact) mass is 156 g/mol. The molecule has 0 aromatic carbocycles. The summed E-state index contributed by atoms with van der Waals surface area (Å²) in [6.07, 6.45) is 0.843. The molecular formula is C9H16O2. The average Bonchev–Trinajstić information content (AvgIpc) is 1.82. The van der Waals surface area contributed by atoms with Crippen LogP contribution in [0.15, 0.2) is 0 Å². The molecule has 11 heavy (non-hydrogen) atoms. The maximum absolute atomic E-state index is 11.6. The molecule has 0 N–H and O–H groups in total. The summed E-state index contributed by atoms with van der Waals surface area (Å²) in [5.74, 6) is 0.219. The first kappa shape index (κ1) is 8.72. The summed E-state index contributed by atoms with van der Waals surface area (Å²) in [6.45, 7) is 8.36. The van der Waals surface area contributed by atoms with Gasteiger partial charge in [0.1, 0.15) is 5.60 Å². The minimum Gasteiger partial charge on any atom is -0.368 e. The van der Waals surface area contributed by atoms with Gasteiger partial charge in [0.05, 0.1) is 0 Å². The van der Waals surface area contributed by atoms with Crippen LogP contribution in [0.25, 0.3) is 0 Å². The van der Waals surface area contributed by atoms with E-state index < -0.39 is 5.60 Å². The summed E-state index contributed by atoms with van der Waals surface area (Å²) in [6, 6.07) is 0. The van der Waals surface area contributed by atoms with Gasteiger partial charge in [-0.25, -0.2) is 0 Å².